The zero-order valence-corrected chi connectivity index (χ0v) is 16.8. The highest BCUT2D eigenvalue weighted by atomic mass is 16.1. The lowest BCUT2D eigenvalue weighted by Gasteiger charge is -2.13. The Morgan fingerprint density at radius 2 is 1.57 bits per heavy atom. The standard InChI is InChI=1S/C25H21N3O2/c1-16-15-26-22-9-5-4-8-21(22)24(16)27-19-13-11-18(12-14-19)25(30)28-23-10-6-3-7-20(23)17(2)29/h3-15H,1-2H3,(H,26,27)(H,28,30). The Labute approximate surface area is 174 Å². The summed E-state index contributed by atoms with van der Waals surface area (Å²) in [6.07, 6.45) is 1.85. The summed E-state index contributed by atoms with van der Waals surface area (Å²) < 4.78 is 0. The van der Waals surface area contributed by atoms with E-state index in [2.05, 4.69) is 15.6 Å². The summed E-state index contributed by atoms with van der Waals surface area (Å²) in [5, 5.41) is 7.30. The third-order valence-corrected chi connectivity index (χ3v) is 4.94. The zero-order valence-electron chi connectivity index (χ0n) is 16.8. The van der Waals surface area contributed by atoms with Gasteiger partial charge >= 0.3 is 0 Å². The van der Waals surface area contributed by atoms with Crippen LogP contribution in [0.25, 0.3) is 10.9 Å². The SMILES string of the molecule is CC(=O)c1ccccc1NC(=O)c1ccc(Nc2c(C)cnc3ccccc23)cc1. The van der Waals surface area contributed by atoms with Gasteiger partial charge in [0.1, 0.15) is 0 Å². The number of pyridine rings is 1. The number of aromatic nitrogens is 1. The van der Waals surface area contributed by atoms with E-state index in [-0.39, 0.29) is 11.7 Å². The first-order chi connectivity index (χ1) is 14.5. The number of aryl methyl sites for hydroxylation is 1. The number of hydrogen-bond acceptors (Lipinski definition) is 4. The van der Waals surface area contributed by atoms with Gasteiger partial charge in [-0.15, -0.1) is 0 Å². The van der Waals surface area contributed by atoms with E-state index in [4.69, 9.17) is 0 Å². The molecule has 0 aliphatic heterocycles. The van der Waals surface area contributed by atoms with Crippen LogP contribution in [0.5, 0.6) is 0 Å². The van der Waals surface area contributed by atoms with Crippen molar-refractivity contribution in [3.63, 3.8) is 0 Å². The molecule has 2 N–H and O–H groups in total. The molecule has 0 radical (unpaired) electrons. The highest BCUT2D eigenvalue weighted by molar-refractivity contribution is 6.09. The maximum atomic E-state index is 12.6. The molecule has 5 heteroatoms. The van der Waals surface area contributed by atoms with Gasteiger partial charge in [-0.2, -0.15) is 0 Å². The molecule has 1 heterocycles. The second-order valence-electron chi connectivity index (χ2n) is 7.09. The molecule has 30 heavy (non-hydrogen) atoms. The van der Waals surface area contributed by atoms with Crippen molar-refractivity contribution >= 4 is 39.7 Å². The minimum atomic E-state index is -0.263. The van der Waals surface area contributed by atoms with E-state index in [9.17, 15) is 9.59 Å². The number of hydrogen-bond donors (Lipinski definition) is 2. The van der Waals surface area contributed by atoms with Crippen molar-refractivity contribution < 1.29 is 9.59 Å². The molecule has 0 spiro atoms. The first-order valence-electron chi connectivity index (χ1n) is 9.65. The fourth-order valence-electron chi connectivity index (χ4n) is 3.35. The molecule has 4 aromatic rings. The van der Waals surface area contributed by atoms with Crippen molar-refractivity contribution in [3.05, 3.63) is 95.7 Å². The predicted octanol–water partition coefficient (Wildman–Crippen LogP) is 5.74. The second kappa shape index (κ2) is 8.17. The minimum absolute atomic E-state index is 0.0922. The molecule has 0 bridgehead atoms. The van der Waals surface area contributed by atoms with Crippen LogP contribution in [-0.4, -0.2) is 16.7 Å². The Morgan fingerprint density at radius 3 is 2.33 bits per heavy atom. The fraction of sp³-hybridized carbons (Fsp3) is 0.0800. The molecule has 0 atom stereocenters. The average molecular weight is 395 g/mol. The number of carbonyl (C=O) groups is 2. The number of anilines is 3. The summed E-state index contributed by atoms with van der Waals surface area (Å²) in [6.45, 7) is 3.49. The third-order valence-electron chi connectivity index (χ3n) is 4.94. The topological polar surface area (TPSA) is 71.1 Å². The molecule has 0 aliphatic rings. The van der Waals surface area contributed by atoms with Gasteiger partial charge in [-0.05, 0) is 61.9 Å². The monoisotopic (exact) mass is 395 g/mol. The van der Waals surface area contributed by atoms with Crippen LogP contribution in [0, 0.1) is 6.92 Å². The lowest BCUT2D eigenvalue weighted by Crippen LogP contribution is -2.14. The molecule has 4 rings (SSSR count). The van der Waals surface area contributed by atoms with Crippen LogP contribution in [0.4, 0.5) is 17.1 Å². The summed E-state index contributed by atoms with van der Waals surface area (Å²) in [5.41, 5.74) is 5.33. The molecular weight excluding hydrogens is 374 g/mol. The van der Waals surface area contributed by atoms with E-state index in [0.717, 1.165) is 27.8 Å². The van der Waals surface area contributed by atoms with E-state index in [1.54, 1.807) is 36.4 Å². The number of benzene rings is 3. The fourth-order valence-corrected chi connectivity index (χ4v) is 3.35. The number of rotatable bonds is 5. The second-order valence-corrected chi connectivity index (χ2v) is 7.09. The van der Waals surface area contributed by atoms with Crippen LogP contribution >= 0.6 is 0 Å². The summed E-state index contributed by atoms with van der Waals surface area (Å²) in [5.74, 6) is -0.355. The van der Waals surface area contributed by atoms with Crippen LogP contribution in [0.15, 0.2) is 79.0 Å². The van der Waals surface area contributed by atoms with Gasteiger partial charge in [0.05, 0.1) is 16.9 Å². The molecule has 0 saturated carbocycles. The smallest absolute Gasteiger partial charge is 0.255 e. The van der Waals surface area contributed by atoms with Crippen molar-refractivity contribution in [1.29, 1.82) is 0 Å². The maximum absolute atomic E-state index is 12.6. The lowest BCUT2D eigenvalue weighted by molar-refractivity contribution is 0.101. The van der Waals surface area contributed by atoms with Crippen LogP contribution in [0.2, 0.25) is 0 Å². The van der Waals surface area contributed by atoms with Gasteiger partial charge in [-0.25, -0.2) is 0 Å². The molecule has 1 aromatic heterocycles. The Hall–Kier alpha value is -3.99. The van der Waals surface area contributed by atoms with Crippen molar-refractivity contribution in [1.82, 2.24) is 4.98 Å². The zero-order chi connectivity index (χ0) is 21.1. The number of ketones is 1. The number of Topliss-reactive ketones (excluding diaryl/α,β-unsaturated/α-hetero) is 1. The Morgan fingerprint density at radius 1 is 0.867 bits per heavy atom. The van der Waals surface area contributed by atoms with Crippen molar-refractivity contribution in [3.8, 4) is 0 Å². The van der Waals surface area contributed by atoms with E-state index in [1.165, 1.54) is 6.92 Å². The summed E-state index contributed by atoms with van der Waals surface area (Å²) >= 11 is 0. The first kappa shape index (κ1) is 19.3. The predicted molar refractivity (Wildman–Crippen MR) is 121 cm³/mol. The van der Waals surface area contributed by atoms with E-state index >= 15 is 0 Å². The van der Waals surface area contributed by atoms with Gasteiger partial charge in [0.15, 0.2) is 5.78 Å². The average Bonchev–Trinajstić information content (AvgIpc) is 2.76. The summed E-state index contributed by atoms with van der Waals surface area (Å²) in [6, 6.07) is 22.2. The van der Waals surface area contributed by atoms with Crippen molar-refractivity contribution in [2.75, 3.05) is 10.6 Å². The number of para-hydroxylation sites is 2. The first-order valence-corrected chi connectivity index (χ1v) is 9.65. The highest BCUT2D eigenvalue weighted by Crippen LogP contribution is 2.28. The molecule has 0 saturated heterocycles. The molecule has 0 fully saturated rings. The normalized spacial score (nSPS) is 10.6. The largest absolute Gasteiger partial charge is 0.355 e. The van der Waals surface area contributed by atoms with Crippen LogP contribution in [-0.2, 0) is 0 Å². The quantitative estimate of drug-likeness (QED) is 0.423. The van der Waals surface area contributed by atoms with Crippen LogP contribution in [0.1, 0.15) is 33.2 Å². The van der Waals surface area contributed by atoms with Crippen LogP contribution < -0.4 is 10.6 Å². The molecule has 5 nitrogen and oxygen atoms in total. The molecule has 0 aliphatic carbocycles. The van der Waals surface area contributed by atoms with Crippen molar-refractivity contribution in [2.24, 2.45) is 0 Å². The minimum Gasteiger partial charge on any atom is -0.355 e. The summed E-state index contributed by atoms with van der Waals surface area (Å²) in [4.78, 5) is 28.9. The summed E-state index contributed by atoms with van der Waals surface area (Å²) in [7, 11) is 0. The van der Waals surface area contributed by atoms with Gasteiger partial charge in [-0.3, -0.25) is 14.6 Å². The Balaban J connectivity index is 1.55. The van der Waals surface area contributed by atoms with Gasteiger partial charge < -0.3 is 10.6 Å². The molecule has 1 amide bonds. The van der Waals surface area contributed by atoms with Gasteiger partial charge in [0, 0.05) is 28.4 Å². The Kier molecular flexibility index (Phi) is 5.26. The third kappa shape index (κ3) is 3.91. The van der Waals surface area contributed by atoms with E-state index in [1.807, 2.05) is 49.5 Å². The molecule has 148 valence electrons. The maximum Gasteiger partial charge on any atom is 0.255 e. The van der Waals surface area contributed by atoms with E-state index < -0.39 is 0 Å². The Bertz CT molecular complexity index is 1250. The van der Waals surface area contributed by atoms with Crippen molar-refractivity contribution in [2.45, 2.75) is 13.8 Å². The number of fused-ring (bicyclic) bond motifs is 1. The van der Waals surface area contributed by atoms with Gasteiger partial charge in [0.2, 0.25) is 0 Å². The van der Waals surface area contributed by atoms with Gasteiger partial charge in [-0.1, -0.05) is 30.3 Å². The van der Waals surface area contributed by atoms with E-state index in [0.29, 0.717) is 16.8 Å². The number of nitrogens with one attached hydrogen (secondary N) is 2. The molecular formula is C25H21N3O2. The van der Waals surface area contributed by atoms with Crippen LogP contribution in [0.3, 0.4) is 0 Å². The number of carbonyl (C=O) groups excluding carboxylic acids is 2. The van der Waals surface area contributed by atoms with Gasteiger partial charge in [0.25, 0.3) is 5.91 Å². The molecule has 3 aromatic carbocycles. The number of nitrogens with zero attached hydrogens (tertiary/aromatic N) is 1. The number of amides is 1. The highest BCUT2D eigenvalue weighted by Gasteiger charge is 2.12. The lowest BCUT2D eigenvalue weighted by atomic mass is 10.1. The molecule has 0 unspecified atom stereocenters.